The summed E-state index contributed by atoms with van der Waals surface area (Å²) in [7, 11) is 0. The van der Waals surface area contributed by atoms with Crippen LogP contribution in [0.5, 0.6) is 0 Å². The van der Waals surface area contributed by atoms with E-state index in [1.54, 1.807) is 19.9 Å². The van der Waals surface area contributed by atoms with Crippen LogP contribution in [-0.2, 0) is 11.0 Å². The van der Waals surface area contributed by atoms with Crippen LogP contribution in [0.3, 0.4) is 0 Å². The van der Waals surface area contributed by atoms with Gasteiger partial charge in [0.2, 0.25) is 11.6 Å². The zero-order valence-electron chi connectivity index (χ0n) is 17.4. The Kier molecular flexibility index (Phi) is 6.33. The quantitative estimate of drug-likeness (QED) is 0.718. The highest BCUT2D eigenvalue weighted by atomic mass is 19.4. The first-order valence-corrected chi connectivity index (χ1v) is 10.2. The van der Waals surface area contributed by atoms with Gasteiger partial charge in [0, 0.05) is 6.54 Å². The van der Waals surface area contributed by atoms with Crippen LogP contribution in [0.1, 0.15) is 61.9 Å². The molecule has 1 N–H and O–H groups in total. The van der Waals surface area contributed by atoms with Crippen molar-refractivity contribution >= 4 is 16.9 Å². The summed E-state index contributed by atoms with van der Waals surface area (Å²) in [4.78, 5) is 29.0. The first-order chi connectivity index (χ1) is 14.1. The second-order valence-corrected chi connectivity index (χ2v) is 7.88. The Morgan fingerprint density at radius 2 is 1.93 bits per heavy atom. The lowest BCUT2D eigenvalue weighted by atomic mass is 9.97. The molecule has 1 heterocycles. The Hall–Kier alpha value is -2.64. The number of carbonyl (C=O) groups is 1. The maximum atomic E-state index is 13.4. The largest absolute Gasteiger partial charge is 0.438 e. The van der Waals surface area contributed by atoms with Gasteiger partial charge in [-0.15, -0.1) is 0 Å². The summed E-state index contributed by atoms with van der Waals surface area (Å²) >= 11 is 0. The number of carbonyl (C=O) groups excluding carboxylic acids is 1. The molecule has 0 saturated heterocycles. The molecule has 1 aliphatic carbocycles. The normalized spacial score (nSPS) is 15.7. The van der Waals surface area contributed by atoms with E-state index in [-0.39, 0.29) is 11.0 Å². The van der Waals surface area contributed by atoms with Gasteiger partial charge in [-0.25, -0.2) is 4.98 Å². The van der Waals surface area contributed by atoms with E-state index in [4.69, 9.17) is 0 Å². The fraction of sp³-hybridized carbons (Fsp3) is 0.500. The van der Waals surface area contributed by atoms with Crippen molar-refractivity contribution in [2.75, 3.05) is 6.54 Å². The number of fused-ring (bicyclic) bond motifs is 1. The molecule has 1 aromatic heterocycles. The molecule has 5 nitrogen and oxygen atoms in total. The SMILES string of the molecule is Cc1cc2nc(C(F)(F)F)c(=O)n([C@@H](C)C(=O)NCCC3=CCCCC3)c2cc1C. The van der Waals surface area contributed by atoms with E-state index in [2.05, 4.69) is 16.4 Å². The van der Waals surface area contributed by atoms with Crippen molar-refractivity contribution in [3.05, 3.63) is 51.0 Å². The topological polar surface area (TPSA) is 64.0 Å². The maximum absolute atomic E-state index is 13.4. The molecule has 1 aromatic carbocycles. The Morgan fingerprint density at radius 1 is 1.23 bits per heavy atom. The van der Waals surface area contributed by atoms with Gasteiger partial charge in [-0.3, -0.25) is 14.2 Å². The van der Waals surface area contributed by atoms with Crippen molar-refractivity contribution in [1.29, 1.82) is 0 Å². The smallest absolute Gasteiger partial charge is 0.354 e. The third kappa shape index (κ3) is 4.57. The van der Waals surface area contributed by atoms with Gasteiger partial charge in [-0.05, 0) is 76.1 Å². The zero-order valence-corrected chi connectivity index (χ0v) is 17.4. The maximum Gasteiger partial charge on any atom is 0.438 e. The van der Waals surface area contributed by atoms with E-state index in [9.17, 15) is 22.8 Å². The van der Waals surface area contributed by atoms with Gasteiger partial charge < -0.3 is 5.32 Å². The number of benzene rings is 1. The number of nitrogens with one attached hydrogen (secondary N) is 1. The molecule has 2 aromatic rings. The van der Waals surface area contributed by atoms with Gasteiger partial charge in [-0.1, -0.05) is 11.6 Å². The molecule has 1 atom stereocenters. The van der Waals surface area contributed by atoms with Crippen molar-refractivity contribution in [3.63, 3.8) is 0 Å². The second kappa shape index (κ2) is 8.62. The lowest BCUT2D eigenvalue weighted by molar-refractivity contribution is -0.142. The predicted molar refractivity (Wildman–Crippen MR) is 109 cm³/mol. The van der Waals surface area contributed by atoms with Gasteiger partial charge in [0.15, 0.2) is 0 Å². The minimum atomic E-state index is -4.91. The number of rotatable bonds is 5. The first-order valence-electron chi connectivity index (χ1n) is 10.2. The first kappa shape index (κ1) is 22.1. The number of amides is 1. The van der Waals surface area contributed by atoms with Crippen molar-refractivity contribution in [3.8, 4) is 0 Å². The molecule has 8 heteroatoms. The van der Waals surface area contributed by atoms with Gasteiger partial charge in [0.25, 0.3) is 5.56 Å². The molecule has 162 valence electrons. The number of aryl methyl sites for hydroxylation is 2. The monoisotopic (exact) mass is 421 g/mol. The molecular weight excluding hydrogens is 395 g/mol. The fourth-order valence-electron chi connectivity index (χ4n) is 3.77. The average Bonchev–Trinajstić information content (AvgIpc) is 2.68. The second-order valence-electron chi connectivity index (χ2n) is 7.88. The molecule has 0 fully saturated rings. The van der Waals surface area contributed by atoms with E-state index < -0.39 is 29.4 Å². The summed E-state index contributed by atoms with van der Waals surface area (Å²) in [5.74, 6) is -0.493. The lowest BCUT2D eigenvalue weighted by Crippen LogP contribution is -2.39. The molecule has 0 saturated carbocycles. The Labute approximate surface area is 173 Å². The van der Waals surface area contributed by atoms with Crippen LogP contribution in [0.2, 0.25) is 0 Å². The van der Waals surface area contributed by atoms with E-state index in [1.165, 1.54) is 25.0 Å². The highest BCUT2D eigenvalue weighted by Crippen LogP contribution is 2.28. The van der Waals surface area contributed by atoms with Crippen LogP contribution in [0.4, 0.5) is 13.2 Å². The molecule has 0 radical (unpaired) electrons. The third-order valence-corrected chi connectivity index (χ3v) is 5.67. The van der Waals surface area contributed by atoms with Crippen LogP contribution < -0.4 is 10.9 Å². The molecule has 0 aliphatic heterocycles. The number of aromatic nitrogens is 2. The minimum Gasteiger partial charge on any atom is -0.354 e. The Bertz CT molecular complexity index is 1050. The molecule has 3 rings (SSSR count). The molecule has 0 bridgehead atoms. The van der Waals surface area contributed by atoms with Crippen LogP contribution in [0, 0.1) is 13.8 Å². The van der Waals surface area contributed by atoms with E-state index in [1.807, 2.05) is 0 Å². The van der Waals surface area contributed by atoms with E-state index >= 15 is 0 Å². The van der Waals surface area contributed by atoms with Crippen molar-refractivity contribution < 1.29 is 18.0 Å². The molecule has 0 spiro atoms. The zero-order chi connectivity index (χ0) is 22.1. The summed E-state index contributed by atoms with van der Waals surface area (Å²) in [6, 6.07) is 2.01. The summed E-state index contributed by atoms with van der Waals surface area (Å²) in [5.41, 5.74) is 0.276. The molecule has 30 heavy (non-hydrogen) atoms. The van der Waals surface area contributed by atoms with Crippen LogP contribution in [-0.4, -0.2) is 22.0 Å². The summed E-state index contributed by atoms with van der Waals surface area (Å²) < 4.78 is 41.2. The standard InChI is InChI=1S/C22H26F3N3O2/c1-13-11-17-18(12-14(13)2)28(21(30)19(27-17)22(23,24)25)15(3)20(29)26-10-9-16-7-5-4-6-8-16/h7,11-12,15H,4-6,8-10H2,1-3H3,(H,26,29)/t15-/m0/s1. The third-order valence-electron chi connectivity index (χ3n) is 5.67. The minimum absolute atomic E-state index is 0.0389. The number of alkyl halides is 3. The molecule has 1 amide bonds. The summed E-state index contributed by atoms with van der Waals surface area (Å²) in [5, 5.41) is 2.76. The number of hydrogen-bond donors (Lipinski definition) is 1. The Morgan fingerprint density at radius 3 is 2.57 bits per heavy atom. The van der Waals surface area contributed by atoms with Crippen LogP contribution >= 0.6 is 0 Å². The van der Waals surface area contributed by atoms with Crippen molar-refractivity contribution in [2.45, 2.75) is 65.1 Å². The summed E-state index contributed by atoms with van der Waals surface area (Å²) in [6.07, 6.45) is 2.33. The lowest BCUT2D eigenvalue weighted by Gasteiger charge is -2.20. The molecule has 0 unspecified atom stereocenters. The fourth-order valence-corrected chi connectivity index (χ4v) is 3.77. The van der Waals surface area contributed by atoms with Gasteiger partial charge >= 0.3 is 6.18 Å². The van der Waals surface area contributed by atoms with Crippen LogP contribution in [0.15, 0.2) is 28.6 Å². The Balaban J connectivity index is 1.95. The van der Waals surface area contributed by atoms with E-state index in [0.717, 1.165) is 35.0 Å². The van der Waals surface area contributed by atoms with Gasteiger partial charge in [0.05, 0.1) is 11.0 Å². The highest BCUT2D eigenvalue weighted by Gasteiger charge is 2.38. The highest BCUT2D eigenvalue weighted by molar-refractivity contribution is 5.84. The van der Waals surface area contributed by atoms with E-state index in [0.29, 0.717) is 13.0 Å². The average molecular weight is 421 g/mol. The van der Waals surface area contributed by atoms with Gasteiger partial charge in [0.1, 0.15) is 6.04 Å². The van der Waals surface area contributed by atoms with Gasteiger partial charge in [-0.2, -0.15) is 13.2 Å². The molecular formula is C22H26F3N3O2. The number of halogens is 3. The van der Waals surface area contributed by atoms with Crippen LogP contribution in [0.25, 0.3) is 11.0 Å². The van der Waals surface area contributed by atoms with Crippen molar-refractivity contribution in [1.82, 2.24) is 14.9 Å². The van der Waals surface area contributed by atoms with Crippen molar-refractivity contribution in [2.24, 2.45) is 0 Å². The molecule has 1 aliphatic rings. The summed E-state index contributed by atoms with van der Waals surface area (Å²) in [6.45, 7) is 5.38. The number of allylic oxidation sites excluding steroid dienone is 1. The number of hydrogen-bond acceptors (Lipinski definition) is 3. The predicted octanol–water partition coefficient (Wildman–Crippen LogP) is 4.60. The number of nitrogens with zero attached hydrogens (tertiary/aromatic N) is 2.